The van der Waals surface area contributed by atoms with Crippen molar-refractivity contribution in [2.45, 2.75) is 160 Å². The van der Waals surface area contributed by atoms with E-state index in [2.05, 4.69) is 31.8 Å². The van der Waals surface area contributed by atoms with Gasteiger partial charge in [-0.15, -0.1) is 6.58 Å². The van der Waals surface area contributed by atoms with Gasteiger partial charge in [0.1, 0.15) is 24.1 Å². The number of nitrogens with one attached hydrogen (secondary N) is 1. The van der Waals surface area contributed by atoms with E-state index in [4.69, 9.17) is 28.9 Å². The summed E-state index contributed by atoms with van der Waals surface area (Å²) in [6, 6.07) is 24.4. The summed E-state index contributed by atoms with van der Waals surface area (Å²) in [7, 11) is 0. The number of ether oxygens (including phenoxy) is 4. The molecule has 3 aliphatic rings. The highest BCUT2D eigenvalue weighted by atomic mass is 16.7. The first-order valence-electron chi connectivity index (χ1n) is 26.5. The fourth-order valence-electron chi connectivity index (χ4n) is 10.8. The Hall–Kier alpha value is -5.17. The minimum atomic E-state index is -1.43. The number of carbonyl (C=O) groups excluding carboxylic acids is 2. The fraction of sp³-hybridized carbons (Fsp3) is 0.569. The first kappa shape index (κ1) is 54.2. The number of amides is 2. The predicted molar refractivity (Wildman–Crippen MR) is 276 cm³/mol. The van der Waals surface area contributed by atoms with E-state index in [9.17, 15) is 19.8 Å². The lowest BCUT2D eigenvalue weighted by Crippen LogP contribution is -2.70. The average molecular weight is 964 g/mol. The van der Waals surface area contributed by atoms with Crippen LogP contribution in [0.3, 0.4) is 0 Å². The van der Waals surface area contributed by atoms with Crippen LogP contribution >= 0.6 is 0 Å². The molecule has 2 amide bonds. The summed E-state index contributed by atoms with van der Waals surface area (Å²) in [4.78, 5) is 36.1. The molecule has 0 unspecified atom stereocenters. The van der Waals surface area contributed by atoms with Gasteiger partial charge in [0.25, 0.3) is 0 Å². The van der Waals surface area contributed by atoms with Crippen molar-refractivity contribution in [1.29, 1.82) is 0 Å². The van der Waals surface area contributed by atoms with Gasteiger partial charge in [0.05, 0.1) is 24.8 Å². The van der Waals surface area contributed by atoms with Crippen LogP contribution in [0.25, 0.3) is 0 Å². The van der Waals surface area contributed by atoms with Crippen molar-refractivity contribution in [3.8, 4) is 11.5 Å². The van der Waals surface area contributed by atoms with Crippen molar-refractivity contribution in [2.24, 2.45) is 22.9 Å². The van der Waals surface area contributed by atoms with E-state index in [-0.39, 0.29) is 50.6 Å². The van der Waals surface area contributed by atoms with Crippen LogP contribution in [0.15, 0.2) is 108 Å². The molecule has 2 aliphatic carbocycles. The van der Waals surface area contributed by atoms with Crippen molar-refractivity contribution >= 4 is 17.9 Å². The van der Waals surface area contributed by atoms with Gasteiger partial charge in [0.15, 0.2) is 0 Å². The molecule has 0 radical (unpaired) electrons. The number of fused-ring (bicyclic) bond motifs is 2. The molecule has 12 heteroatoms. The first-order valence-corrected chi connectivity index (χ1v) is 26.5. The molecule has 3 aromatic carbocycles. The largest absolute Gasteiger partial charge is 0.459 e. The van der Waals surface area contributed by atoms with Crippen LogP contribution in [-0.2, 0) is 27.5 Å². The maximum Gasteiger partial charge on any atom is 0.412 e. The normalized spacial score (nSPS) is 21.7. The highest BCUT2D eigenvalue weighted by molar-refractivity contribution is 6.03. The van der Waals surface area contributed by atoms with Gasteiger partial charge in [-0.25, -0.2) is 9.59 Å². The van der Waals surface area contributed by atoms with E-state index in [1.54, 1.807) is 17.0 Å². The third-order valence-electron chi connectivity index (χ3n) is 14.2. The van der Waals surface area contributed by atoms with Gasteiger partial charge in [-0.3, -0.25) is 4.90 Å². The number of oxime groups is 1. The Morgan fingerprint density at radius 1 is 0.829 bits per heavy atom. The molecule has 6 atom stereocenters. The molecule has 6 rings (SSSR count). The van der Waals surface area contributed by atoms with E-state index in [1.165, 1.54) is 44.9 Å². The van der Waals surface area contributed by atoms with Crippen molar-refractivity contribution < 1.29 is 43.6 Å². The van der Waals surface area contributed by atoms with E-state index < -0.39 is 29.9 Å². The van der Waals surface area contributed by atoms with Crippen LogP contribution in [0.5, 0.6) is 11.5 Å². The topological polar surface area (TPSA) is 148 Å². The van der Waals surface area contributed by atoms with Crippen molar-refractivity contribution in [3.63, 3.8) is 0 Å². The molecule has 0 saturated heterocycles. The standard InChI is InChI=1S/C58H81N3O9/c1-4-7-8-9-10-11-12-13-14-25-38-66-57(65)61(34-5-2)53-41-51(60-68-43-45-28-19-16-20-29-45)49-39-46(30-21-23-35-62)48(31-22-24-36-63)54-50-40-47(69-56(64)59-42-44-26-17-15-18-27-44)32-33-52(50)70-58(53,55(49)54)67-37-6-3/h6,15-20,26-29,32-33,39-40,46,48,53-55,62-63H,3-5,7-14,21-25,30-31,34-38,41-43H2,1-2H3,(H,59,64)/t46-,48+,53-,54+,55+,58+/m0/s1. The Morgan fingerprint density at radius 2 is 1.50 bits per heavy atom. The summed E-state index contributed by atoms with van der Waals surface area (Å²) in [5, 5.41) is 27.9. The Morgan fingerprint density at radius 3 is 2.17 bits per heavy atom. The summed E-state index contributed by atoms with van der Waals surface area (Å²) in [5.74, 6) is -1.24. The quantitative estimate of drug-likeness (QED) is 0.0325. The number of allylic oxidation sites excluding steroid dienone is 1. The Bertz CT molecular complexity index is 2100. The van der Waals surface area contributed by atoms with Crippen molar-refractivity contribution in [2.75, 3.05) is 33.0 Å². The number of unbranched alkanes of at least 4 members (excludes halogenated alkanes) is 11. The van der Waals surface area contributed by atoms with Gasteiger partial charge >= 0.3 is 12.2 Å². The predicted octanol–water partition coefficient (Wildman–Crippen LogP) is 12.6. The molecular weight excluding hydrogens is 883 g/mol. The molecule has 382 valence electrons. The van der Waals surface area contributed by atoms with Gasteiger partial charge < -0.3 is 39.3 Å². The Labute approximate surface area is 417 Å². The third-order valence-corrected chi connectivity index (χ3v) is 14.2. The van der Waals surface area contributed by atoms with Crippen LogP contribution in [0.2, 0.25) is 0 Å². The third kappa shape index (κ3) is 14.9. The minimum Gasteiger partial charge on any atom is -0.459 e. The first-order chi connectivity index (χ1) is 34.4. The number of carbonyl (C=O) groups is 2. The number of benzene rings is 3. The maximum absolute atomic E-state index is 14.7. The highest BCUT2D eigenvalue weighted by Gasteiger charge is 2.65. The Kier molecular flexibility index (Phi) is 22.6. The lowest BCUT2D eigenvalue weighted by atomic mass is 9.55. The number of aliphatic hydroxyl groups is 2. The summed E-state index contributed by atoms with van der Waals surface area (Å²) in [6.45, 7) is 9.94. The zero-order valence-corrected chi connectivity index (χ0v) is 42.1. The molecule has 0 spiro atoms. The molecule has 1 heterocycles. The molecule has 1 saturated carbocycles. The molecule has 12 nitrogen and oxygen atoms in total. The number of aliphatic hydroxyl groups excluding tert-OH is 2. The minimum absolute atomic E-state index is 0.00339. The van der Waals surface area contributed by atoms with E-state index in [0.29, 0.717) is 56.2 Å². The van der Waals surface area contributed by atoms with Crippen LogP contribution in [0.1, 0.15) is 152 Å². The van der Waals surface area contributed by atoms with Crippen molar-refractivity contribution in [1.82, 2.24) is 10.2 Å². The SMILES string of the molecule is C=CCO[C@@]12Oc3ccc(OC(=O)NCc4ccccc4)cc3[C@H]3[C@H](CCCCO)[C@@H](CCCCO)C=C(C(=NOCc4ccccc4)C[C@@H]1N(CCC)C(=O)OCCCCCCCCCCCC)[C@H]32. The molecule has 0 aromatic heterocycles. The second-order valence-electron chi connectivity index (χ2n) is 19.3. The Balaban J connectivity index is 1.40. The van der Waals surface area contributed by atoms with Gasteiger partial charge in [-0.2, -0.15) is 0 Å². The van der Waals surface area contributed by atoms with Crippen molar-refractivity contribution in [3.05, 3.63) is 120 Å². The van der Waals surface area contributed by atoms with E-state index >= 15 is 0 Å². The number of rotatable bonds is 31. The lowest BCUT2D eigenvalue weighted by Gasteiger charge is -2.59. The van der Waals surface area contributed by atoms with Gasteiger partial charge in [0.2, 0.25) is 5.79 Å². The van der Waals surface area contributed by atoms with Gasteiger partial charge in [0, 0.05) is 44.2 Å². The zero-order chi connectivity index (χ0) is 49.4. The summed E-state index contributed by atoms with van der Waals surface area (Å²) < 4.78 is 26.7. The summed E-state index contributed by atoms with van der Waals surface area (Å²) in [5.41, 5.74) is 4.42. The molecule has 0 bridgehead atoms. The average Bonchev–Trinajstić information content (AvgIpc) is 3.38. The lowest BCUT2D eigenvalue weighted by molar-refractivity contribution is -0.255. The van der Waals surface area contributed by atoms with E-state index in [0.717, 1.165) is 67.2 Å². The maximum atomic E-state index is 14.7. The zero-order valence-electron chi connectivity index (χ0n) is 42.1. The van der Waals surface area contributed by atoms with Gasteiger partial charge in [-0.05, 0) is 85.3 Å². The smallest absolute Gasteiger partial charge is 0.412 e. The van der Waals surface area contributed by atoms with Crippen LogP contribution in [0.4, 0.5) is 9.59 Å². The number of hydrogen-bond donors (Lipinski definition) is 3. The molecule has 1 aliphatic heterocycles. The second-order valence-corrected chi connectivity index (χ2v) is 19.3. The fourth-order valence-corrected chi connectivity index (χ4v) is 10.8. The molecule has 3 aromatic rings. The van der Waals surface area contributed by atoms with E-state index in [1.807, 2.05) is 72.8 Å². The summed E-state index contributed by atoms with van der Waals surface area (Å²) in [6.07, 6.45) is 20.2. The summed E-state index contributed by atoms with van der Waals surface area (Å²) >= 11 is 0. The number of hydrogen-bond acceptors (Lipinski definition) is 10. The van der Waals surface area contributed by atoms with Crippen LogP contribution in [-0.4, -0.2) is 77.8 Å². The molecule has 3 N–H and O–H groups in total. The highest BCUT2D eigenvalue weighted by Crippen LogP contribution is 2.62. The second kappa shape index (κ2) is 29.2. The number of nitrogens with zero attached hydrogens (tertiary/aromatic N) is 2. The van der Waals surface area contributed by atoms with Gasteiger partial charge in [-0.1, -0.05) is 162 Å². The van der Waals surface area contributed by atoms with Crippen LogP contribution in [0, 0.1) is 17.8 Å². The molecular formula is C58H81N3O9. The molecule has 70 heavy (non-hydrogen) atoms. The van der Waals surface area contributed by atoms with Crippen LogP contribution < -0.4 is 14.8 Å². The molecule has 1 fully saturated rings. The monoisotopic (exact) mass is 964 g/mol.